The molecule has 0 radical (unpaired) electrons. The normalized spacial score (nSPS) is 18.5. The second-order valence-electron chi connectivity index (χ2n) is 4.09. The first-order valence-electron chi connectivity index (χ1n) is 5.59. The van der Waals surface area contributed by atoms with Gasteiger partial charge in [0.15, 0.2) is 5.17 Å². The van der Waals surface area contributed by atoms with Gasteiger partial charge in [-0.1, -0.05) is 30.0 Å². The van der Waals surface area contributed by atoms with Crippen molar-refractivity contribution in [2.75, 3.05) is 13.1 Å². The summed E-state index contributed by atoms with van der Waals surface area (Å²) in [5, 5.41) is 4.73. The van der Waals surface area contributed by atoms with Crippen LogP contribution in [0.1, 0.15) is 4.88 Å². The van der Waals surface area contributed by atoms with E-state index in [-0.39, 0.29) is 0 Å². The van der Waals surface area contributed by atoms with Gasteiger partial charge >= 0.3 is 0 Å². The van der Waals surface area contributed by atoms with E-state index in [1.54, 1.807) is 11.8 Å². The van der Waals surface area contributed by atoms with Crippen LogP contribution in [0.2, 0.25) is 0 Å². The molecule has 2 aliphatic rings. The van der Waals surface area contributed by atoms with Crippen molar-refractivity contribution >= 4 is 44.0 Å². The van der Waals surface area contributed by atoms with Crippen LogP contribution in [0.15, 0.2) is 40.7 Å². The second-order valence-corrected chi connectivity index (χ2v) is 6.01. The molecule has 84 valence electrons. The van der Waals surface area contributed by atoms with E-state index in [1.807, 2.05) is 11.3 Å². The molecule has 0 unspecified atom stereocenters. The van der Waals surface area contributed by atoms with Crippen LogP contribution in [-0.2, 0) is 0 Å². The van der Waals surface area contributed by atoms with Gasteiger partial charge in [-0.25, -0.2) is 0 Å². The monoisotopic (exact) mass is 258 g/mol. The average Bonchev–Trinajstić information content (AvgIpc) is 3.02. The predicted molar refractivity (Wildman–Crippen MR) is 76.4 cm³/mol. The van der Waals surface area contributed by atoms with Gasteiger partial charge < -0.3 is 4.90 Å². The van der Waals surface area contributed by atoms with Crippen LogP contribution >= 0.6 is 23.1 Å². The van der Waals surface area contributed by atoms with Gasteiger partial charge in [-0.05, 0) is 17.5 Å². The fraction of sp³-hybridized carbons (Fsp3) is 0.154. The topological polar surface area (TPSA) is 15.6 Å². The van der Waals surface area contributed by atoms with Crippen LogP contribution in [-0.4, -0.2) is 23.2 Å². The molecule has 3 heterocycles. The molecule has 0 atom stereocenters. The van der Waals surface area contributed by atoms with Crippen molar-refractivity contribution in [3.05, 3.63) is 40.6 Å². The molecular formula is C13H10N2S2. The summed E-state index contributed by atoms with van der Waals surface area (Å²) in [7, 11) is 0. The lowest BCUT2D eigenvalue weighted by Crippen LogP contribution is -2.19. The van der Waals surface area contributed by atoms with Gasteiger partial charge in [0.05, 0.1) is 17.1 Å². The Hall–Kier alpha value is -1.26. The molecule has 0 spiro atoms. The zero-order valence-corrected chi connectivity index (χ0v) is 10.7. The Morgan fingerprint density at radius 3 is 3.12 bits per heavy atom. The third kappa shape index (κ3) is 1.44. The molecule has 2 nitrogen and oxygen atoms in total. The van der Waals surface area contributed by atoms with Crippen molar-refractivity contribution in [3.8, 4) is 0 Å². The van der Waals surface area contributed by atoms with Crippen molar-refractivity contribution in [2.45, 2.75) is 0 Å². The van der Waals surface area contributed by atoms with E-state index in [9.17, 15) is 0 Å². The molecule has 4 rings (SSSR count). The average molecular weight is 258 g/mol. The summed E-state index contributed by atoms with van der Waals surface area (Å²) in [5.41, 5.74) is 1.33. The zero-order chi connectivity index (χ0) is 11.2. The fourth-order valence-corrected chi connectivity index (χ4v) is 4.34. The van der Waals surface area contributed by atoms with Crippen molar-refractivity contribution in [3.63, 3.8) is 0 Å². The number of hydrogen-bond acceptors (Lipinski definition) is 4. The predicted octanol–water partition coefficient (Wildman–Crippen LogP) is 3.62. The quantitative estimate of drug-likeness (QED) is 0.776. The molecule has 1 aromatic heterocycles. The number of amidine groups is 1. The number of benzene rings is 1. The van der Waals surface area contributed by atoms with Gasteiger partial charge in [0.25, 0.3) is 0 Å². The van der Waals surface area contributed by atoms with E-state index in [0.29, 0.717) is 0 Å². The number of hydrogen-bond donors (Lipinski definition) is 0. The molecule has 0 fully saturated rings. The van der Waals surface area contributed by atoms with Crippen LogP contribution in [0, 0.1) is 0 Å². The maximum atomic E-state index is 4.49. The second kappa shape index (κ2) is 3.62. The first kappa shape index (κ1) is 9.74. The van der Waals surface area contributed by atoms with Gasteiger partial charge in [-0.2, -0.15) is 0 Å². The van der Waals surface area contributed by atoms with E-state index in [2.05, 4.69) is 45.6 Å². The van der Waals surface area contributed by atoms with E-state index >= 15 is 0 Å². The largest absolute Gasteiger partial charge is 0.317 e. The molecule has 0 bridgehead atoms. The zero-order valence-electron chi connectivity index (χ0n) is 9.09. The molecular weight excluding hydrogens is 248 g/mol. The molecule has 0 N–H and O–H groups in total. The highest BCUT2D eigenvalue weighted by atomic mass is 32.2. The number of rotatable bonds is 1. The third-order valence-corrected chi connectivity index (χ3v) is 5.09. The summed E-state index contributed by atoms with van der Waals surface area (Å²) >= 11 is 3.61. The van der Waals surface area contributed by atoms with Crippen molar-refractivity contribution < 1.29 is 0 Å². The first-order valence-corrected chi connectivity index (χ1v) is 7.29. The van der Waals surface area contributed by atoms with Gasteiger partial charge in [0.2, 0.25) is 0 Å². The third-order valence-electron chi connectivity index (χ3n) is 3.05. The Bertz CT molecular complexity index is 621. The summed E-state index contributed by atoms with van der Waals surface area (Å²) in [6, 6.07) is 10.8. The van der Waals surface area contributed by atoms with Crippen molar-refractivity contribution in [1.82, 2.24) is 4.90 Å². The molecule has 0 aliphatic carbocycles. The Kier molecular flexibility index (Phi) is 2.07. The van der Waals surface area contributed by atoms with Crippen molar-refractivity contribution in [2.24, 2.45) is 4.99 Å². The smallest absolute Gasteiger partial charge is 0.168 e. The highest BCUT2D eigenvalue weighted by Crippen LogP contribution is 2.39. The molecule has 2 aliphatic heterocycles. The Balaban J connectivity index is 1.82. The van der Waals surface area contributed by atoms with Gasteiger partial charge in [0.1, 0.15) is 0 Å². The molecule has 0 amide bonds. The Morgan fingerprint density at radius 1 is 1.24 bits per heavy atom. The molecule has 2 aromatic rings. The summed E-state index contributed by atoms with van der Waals surface area (Å²) in [6.45, 7) is 1.97. The number of thiophene rings is 1. The summed E-state index contributed by atoms with van der Waals surface area (Å²) in [5.74, 6) is 0. The maximum absolute atomic E-state index is 4.49. The van der Waals surface area contributed by atoms with Crippen LogP contribution < -0.4 is 0 Å². The van der Waals surface area contributed by atoms with Gasteiger partial charge in [-0.3, -0.25) is 4.99 Å². The van der Waals surface area contributed by atoms with E-state index in [1.165, 1.54) is 20.7 Å². The van der Waals surface area contributed by atoms with E-state index in [0.717, 1.165) is 18.3 Å². The summed E-state index contributed by atoms with van der Waals surface area (Å²) in [6.07, 6.45) is 0. The Morgan fingerprint density at radius 2 is 2.18 bits per heavy atom. The maximum Gasteiger partial charge on any atom is 0.168 e. The lowest BCUT2D eigenvalue weighted by Gasteiger charge is -2.14. The molecule has 4 heteroatoms. The minimum absolute atomic E-state index is 0.935. The number of fused-ring (bicyclic) bond motifs is 2. The summed E-state index contributed by atoms with van der Waals surface area (Å²) in [4.78, 5) is 8.17. The summed E-state index contributed by atoms with van der Waals surface area (Å²) < 4.78 is 1.36. The number of aliphatic imine (C=N–C) groups is 1. The molecule has 1 aromatic carbocycles. The molecule has 17 heavy (non-hydrogen) atoms. The van der Waals surface area contributed by atoms with Gasteiger partial charge in [0, 0.05) is 16.7 Å². The van der Waals surface area contributed by atoms with Crippen molar-refractivity contribution in [1.29, 1.82) is 0 Å². The lowest BCUT2D eigenvalue weighted by molar-refractivity contribution is 0.652. The fourth-order valence-electron chi connectivity index (χ4n) is 2.22. The SMILES string of the molecule is C1=C(c2cc3ccccc3s2)N2CCN=C2S1. The van der Waals surface area contributed by atoms with Gasteiger partial charge in [-0.15, -0.1) is 11.3 Å². The highest BCUT2D eigenvalue weighted by molar-refractivity contribution is 8.16. The minimum Gasteiger partial charge on any atom is -0.317 e. The number of nitrogens with zero attached hydrogens (tertiary/aromatic N) is 2. The van der Waals surface area contributed by atoms with Crippen LogP contribution in [0.25, 0.3) is 15.8 Å². The standard InChI is InChI=1S/C13H10N2S2/c1-2-4-11-9(3-1)7-12(17-11)10-8-16-13-14-5-6-15(10)13/h1-4,7-8H,5-6H2. The molecule has 0 saturated carbocycles. The number of thioether (sulfide) groups is 1. The van der Waals surface area contributed by atoms with E-state index in [4.69, 9.17) is 0 Å². The Labute approximate surface area is 108 Å². The van der Waals surface area contributed by atoms with Crippen LogP contribution in [0.3, 0.4) is 0 Å². The van der Waals surface area contributed by atoms with Crippen LogP contribution in [0.5, 0.6) is 0 Å². The first-order chi connectivity index (χ1) is 8.42. The lowest BCUT2D eigenvalue weighted by atomic mass is 10.2. The molecule has 0 saturated heterocycles. The van der Waals surface area contributed by atoms with E-state index < -0.39 is 0 Å². The minimum atomic E-state index is 0.935. The van der Waals surface area contributed by atoms with Crippen LogP contribution in [0.4, 0.5) is 0 Å². The highest BCUT2D eigenvalue weighted by Gasteiger charge is 2.27.